The van der Waals surface area contributed by atoms with Crippen LogP contribution in [-0.2, 0) is 6.42 Å². The zero-order chi connectivity index (χ0) is 13.1. The fourth-order valence-electron chi connectivity index (χ4n) is 1.23. The number of hydrogen-bond acceptors (Lipinski definition) is 5. The van der Waals surface area contributed by atoms with E-state index in [0.29, 0.717) is 5.02 Å². The highest BCUT2D eigenvalue weighted by Crippen LogP contribution is 2.34. The van der Waals surface area contributed by atoms with E-state index < -0.39 is 5.97 Å². The van der Waals surface area contributed by atoms with E-state index in [2.05, 4.69) is 9.36 Å². The summed E-state index contributed by atoms with van der Waals surface area (Å²) in [7, 11) is 0. The van der Waals surface area contributed by atoms with Crippen molar-refractivity contribution >= 4 is 40.9 Å². The fourth-order valence-corrected chi connectivity index (χ4v) is 3.19. The Morgan fingerprint density at radius 3 is 2.89 bits per heavy atom. The Balaban J connectivity index is 2.21. The molecule has 2 rings (SSSR count). The van der Waals surface area contributed by atoms with Gasteiger partial charge in [0.25, 0.3) is 0 Å². The fraction of sp³-hybridized carbons (Fsp3) is 0.182. The number of halogens is 1. The van der Waals surface area contributed by atoms with Gasteiger partial charge in [0.1, 0.15) is 5.82 Å². The zero-order valence-corrected chi connectivity index (χ0v) is 11.8. The molecule has 94 valence electrons. The van der Waals surface area contributed by atoms with Gasteiger partial charge in [0.05, 0.1) is 10.6 Å². The van der Waals surface area contributed by atoms with Crippen molar-refractivity contribution < 1.29 is 9.90 Å². The van der Waals surface area contributed by atoms with Crippen LogP contribution in [0.2, 0.25) is 5.02 Å². The van der Waals surface area contributed by atoms with Gasteiger partial charge in [0.2, 0.25) is 0 Å². The summed E-state index contributed by atoms with van der Waals surface area (Å²) in [6.45, 7) is 1.99. The summed E-state index contributed by atoms with van der Waals surface area (Å²) in [6, 6.07) is 4.65. The molecule has 1 aromatic heterocycles. The molecule has 0 spiro atoms. The van der Waals surface area contributed by atoms with Gasteiger partial charge in [-0.3, -0.25) is 0 Å². The molecule has 1 heterocycles. The molecule has 0 aliphatic carbocycles. The van der Waals surface area contributed by atoms with E-state index in [9.17, 15) is 4.79 Å². The van der Waals surface area contributed by atoms with Crippen molar-refractivity contribution in [2.45, 2.75) is 22.6 Å². The van der Waals surface area contributed by atoms with Crippen LogP contribution in [0.3, 0.4) is 0 Å². The van der Waals surface area contributed by atoms with Crippen molar-refractivity contribution in [2.24, 2.45) is 0 Å². The molecule has 0 fully saturated rings. The summed E-state index contributed by atoms with van der Waals surface area (Å²) in [5.41, 5.74) is 0.177. The summed E-state index contributed by atoms with van der Waals surface area (Å²) < 4.78 is 4.98. The van der Waals surface area contributed by atoms with Crippen LogP contribution in [-0.4, -0.2) is 20.4 Å². The molecule has 18 heavy (non-hydrogen) atoms. The molecule has 0 saturated heterocycles. The number of aryl methyl sites for hydroxylation is 1. The lowest BCUT2D eigenvalue weighted by molar-refractivity contribution is 0.0697. The number of carboxylic acid groups (broad SMARTS) is 1. The Morgan fingerprint density at radius 1 is 1.56 bits per heavy atom. The van der Waals surface area contributed by atoms with Crippen molar-refractivity contribution in [2.75, 3.05) is 0 Å². The predicted molar refractivity (Wildman–Crippen MR) is 71.8 cm³/mol. The third kappa shape index (κ3) is 3.01. The highest BCUT2D eigenvalue weighted by Gasteiger charge is 2.10. The standard InChI is InChI=1S/C11H9ClN2O2S2/c1-2-9-13-11(18-14-9)17-8-4-3-6(10(15)16)5-7(8)12/h3-5H,2H2,1H3,(H,15,16). The molecule has 0 aliphatic rings. The minimum atomic E-state index is -0.988. The first-order valence-corrected chi connectivity index (χ1v) is 7.10. The zero-order valence-electron chi connectivity index (χ0n) is 9.38. The van der Waals surface area contributed by atoms with Crippen LogP contribution in [0.1, 0.15) is 23.1 Å². The average Bonchev–Trinajstić information content (AvgIpc) is 2.79. The molecule has 0 bridgehead atoms. The van der Waals surface area contributed by atoms with Gasteiger partial charge >= 0.3 is 5.97 Å². The van der Waals surface area contributed by atoms with Crippen LogP contribution in [0.4, 0.5) is 0 Å². The maximum absolute atomic E-state index is 10.8. The molecule has 0 atom stereocenters. The third-order valence-corrected chi connectivity index (χ3v) is 4.43. The number of nitrogens with zero attached hydrogens (tertiary/aromatic N) is 2. The Morgan fingerprint density at radius 2 is 2.33 bits per heavy atom. The topological polar surface area (TPSA) is 63.1 Å². The van der Waals surface area contributed by atoms with Crippen molar-refractivity contribution in [1.29, 1.82) is 0 Å². The molecule has 1 N–H and O–H groups in total. The molecule has 1 aromatic carbocycles. The molecule has 0 radical (unpaired) electrons. The van der Waals surface area contributed by atoms with E-state index in [0.717, 1.165) is 21.5 Å². The average molecular weight is 301 g/mol. The molecule has 0 unspecified atom stereocenters. The molecule has 0 amide bonds. The van der Waals surface area contributed by atoms with Crippen LogP contribution < -0.4 is 0 Å². The van der Waals surface area contributed by atoms with Gasteiger partial charge in [0.15, 0.2) is 4.34 Å². The summed E-state index contributed by atoms with van der Waals surface area (Å²) in [5, 5.41) is 9.25. The van der Waals surface area contributed by atoms with E-state index in [4.69, 9.17) is 16.7 Å². The van der Waals surface area contributed by atoms with Crippen LogP contribution >= 0.6 is 34.9 Å². The molecule has 0 aliphatic heterocycles. The number of hydrogen-bond donors (Lipinski definition) is 1. The maximum atomic E-state index is 10.8. The van der Waals surface area contributed by atoms with E-state index in [1.165, 1.54) is 35.4 Å². The smallest absolute Gasteiger partial charge is 0.335 e. The molecule has 0 saturated carbocycles. The second-order valence-electron chi connectivity index (χ2n) is 3.38. The van der Waals surface area contributed by atoms with E-state index >= 15 is 0 Å². The van der Waals surface area contributed by atoms with Gasteiger partial charge in [-0.25, -0.2) is 9.78 Å². The van der Waals surface area contributed by atoms with Gasteiger partial charge in [-0.05, 0) is 29.7 Å². The second kappa shape index (κ2) is 5.69. The Labute approximate surface area is 117 Å². The van der Waals surface area contributed by atoms with E-state index in [1.807, 2.05) is 6.92 Å². The number of rotatable bonds is 4. The summed E-state index contributed by atoms with van der Waals surface area (Å²) in [5.74, 6) is -0.182. The monoisotopic (exact) mass is 300 g/mol. The predicted octanol–water partition coefficient (Wildman–Crippen LogP) is 3.60. The summed E-state index contributed by atoms with van der Waals surface area (Å²) in [6.07, 6.45) is 0.794. The van der Waals surface area contributed by atoms with Gasteiger partial charge in [-0.1, -0.05) is 30.3 Å². The molecule has 4 nitrogen and oxygen atoms in total. The first-order valence-electron chi connectivity index (χ1n) is 5.13. The maximum Gasteiger partial charge on any atom is 0.335 e. The lowest BCUT2D eigenvalue weighted by atomic mass is 10.2. The van der Waals surface area contributed by atoms with Crippen molar-refractivity contribution in [3.63, 3.8) is 0 Å². The van der Waals surface area contributed by atoms with Gasteiger partial charge in [-0.15, -0.1) is 0 Å². The minimum absolute atomic E-state index is 0.177. The van der Waals surface area contributed by atoms with Crippen LogP contribution in [0.25, 0.3) is 0 Å². The SMILES string of the molecule is CCc1nsc(Sc2ccc(C(=O)O)cc2Cl)n1. The van der Waals surface area contributed by atoms with Crippen LogP contribution in [0.15, 0.2) is 27.4 Å². The first-order chi connectivity index (χ1) is 8.60. The van der Waals surface area contributed by atoms with Crippen LogP contribution in [0, 0.1) is 0 Å². The number of carbonyl (C=O) groups is 1. The quantitative estimate of drug-likeness (QED) is 0.934. The third-order valence-electron chi connectivity index (χ3n) is 2.14. The minimum Gasteiger partial charge on any atom is -0.478 e. The molecule has 7 heteroatoms. The Bertz CT molecular complexity index is 586. The van der Waals surface area contributed by atoms with Crippen LogP contribution in [0.5, 0.6) is 0 Å². The first kappa shape index (κ1) is 13.3. The number of benzene rings is 1. The Hall–Kier alpha value is -1.11. The van der Waals surface area contributed by atoms with E-state index in [-0.39, 0.29) is 5.56 Å². The molecular weight excluding hydrogens is 292 g/mol. The number of carboxylic acids is 1. The van der Waals surface area contributed by atoms with Gasteiger partial charge in [-0.2, -0.15) is 4.37 Å². The summed E-state index contributed by atoms with van der Waals surface area (Å²) >= 11 is 8.74. The number of aromatic nitrogens is 2. The highest BCUT2D eigenvalue weighted by atomic mass is 35.5. The highest BCUT2D eigenvalue weighted by molar-refractivity contribution is 8.01. The van der Waals surface area contributed by atoms with Crippen molar-refractivity contribution in [3.05, 3.63) is 34.6 Å². The molecule has 2 aromatic rings. The second-order valence-corrected chi connectivity index (χ2v) is 5.83. The number of aromatic carboxylic acids is 1. The molecular formula is C11H9ClN2O2S2. The van der Waals surface area contributed by atoms with E-state index in [1.54, 1.807) is 6.07 Å². The van der Waals surface area contributed by atoms with Gasteiger partial charge < -0.3 is 5.11 Å². The lowest BCUT2D eigenvalue weighted by Crippen LogP contribution is -1.95. The summed E-state index contributed by atoms with van der Waals surface area (Å²) in [4.78, 5) is 15.9. The normalized spacial score (nSPS) is 10.6. The lowest BCUT2D eigenvalue weighted by Gasteiger charge is -2.02. The van der Waals surface area contributed by atoms with Crippen molar-refractivity contribution in [1.82, 2.24) is 9.36 Å². The largest absolute Gasteiger partial charge is 0.478 e. The van der Waals surface area contributed by atoms with Gasteiger partial charge in [0, 0.05) is 11.3 Å². The Kier molecular flexibility index (Phi) is 4.21. The van der Waals surface area contributed by atoms with Crippen molar-refractivity contribution in [3.8, 4) is 0 Å².